The van der Waals surface area contributed by atoms with Crippen LogP contribution < -0.4 is 4.90 Å². The molecule has 0 spiro atoms. The molecule has 104 valence electrons. The average molecular weight is 259 g/mol. The van der Waals surface area contributed by atoms with Crippen LogP contribution >= 0.6 is 0 Å². The Morgan fingerprint density at radius 3 is 2.63 bits per heavy atom. The normalized spacial score (nSPS) is 27.0. The van der Waals surface area contributed by atoms with Crippen molar-refractivity contribution >= 4 is 12.0 Å². The van der Waals surface area contributed by atoms with Crippen LogP contribution in [-0.4, -0.2) is 19.9 Å². The summed E-state index contributed by atoms with van der Waals surface area (Å²) in [6.07, 6.45) is 5.65. The van der Waals surface area contributed by atoms with Crippen molar-refractivity contribution in [1.82, 2.24) is 0 Å². The molecule has 0 bridgehead atoms. The highest BCUT2D eigenvalue weighted by atomic mass is 16.1. The Bertz CT molecular complexity index is 433. The van der Waals surface area contributed by atoms with Crippen LogP contribution in [0, 0.1) is 18.3 Å². The second-order valence-corrected chi connectivity index (χ2v) is 6.36. The van der Waals surface area contributed by atoms with E-state index in [-0.39, 0.29) is 5.41 Å². The van der Waals surface area contributed by atoms with Gasteiger partial charge in [-0.2, -0.15) is 0 Å². The van der Waals surface area contributed by atoms with Crippen LogP contribution in [-0.2, 0) is 4.79 Å². The lowest BCUT2D eigenvalue weighted by atomic mass is 9.71. The van der Waals surface area contributed by atoms with E-state index in [1.807, 2.05) is 0 Å². The van der Waals surface area contributed by atoms with Crippen molar-refractivity contribution in [3.05, 3.63) is 29.8 Å². The van der Waals surface area contributed by atoms with E-state index < -0.39 is 0 Å². The highest BCUT2D eigenvalue weighted by molar-refractivity contribution is 5.62. The van der Waals surface area contributed by atoms with E-state index >= 15 is 0 Å². The zero-order chi connectivity index (χ0) is 13.9. The van der Waals surface area contributed by atoms with E-state index in [0.29, 0.717) is 0 Å². The van der Waals surface area contributed by atoms with Crippen molar-refractivity contribution in [2.75, 3.05) is 18.5 Å². The maximum atomic E-state index is 11.6. The molecule has 0 saturated heterocycles. The minimum atomic E-state index is -0.134. The maximum absolute atomic E-state index is 11.6. The van der Waals surface area contributed by atoms with Crippen LogP contribution in [0.1, 0.15) is 38.2 Å². The summed E-state index contributed by atoms with van der Waals surface area (Å²) in [5.41, 5.74) is 2.34. The molecule has 0 atom stereocenters. The largest absolute Gasteiger partial charge is 0.374 e. The number of carbonyl (C=O) groups excluding carboxylic acids is 1. The Morgan fingerprint density at radius 2 is 2.05 bits per heavy atom. The molecule has 1 fully saturated rings. The van der Waals surface area contributed by atoms with Crippen LogP contribution in [0.5, 0.6) is 0 Å². The van der Waals surface area contributed by atoms with Crippen molar-refractivity contribution in [3.63, 3.8) is 0 Å². The van der Waals surface area contributed by atoms with Gasteiger partial charge in [0.2, 0.25) is 0 Å². The van der Waals surface area contributed by atoms with Gasteiger partial charge in [-0.1, -0.05) is 19.1 Å². The molecular formula is C17H25NO. The number of hydrogen-bond acceptors (Lipinski definition) is 2. The van der Waals surface area contributed by atoms with Gasteiger partial charge in [-0.25, -0.2) is 0 Å². The molecule has 0 heterocycles. The van der Waals surface area contributed by atoms with Crippen molar-refractivity contribution < 1.29 is 4.79 Å². The fourth-order valence-corrected chi connectivity index (χ4v) is 3.08. The SMILES string of the molecule is Cc1cccc(N(C)CC2(C=O)CCC(C)CC2)c1. The number of hydrogen-bond donors (Lipinski definition) is 0. The van der Waals surface area contributed by atoms with Gasteiger partial charge in [-0.05, 0) is 56.2 Å². The quantitative estimate of drug-likeness (QED) is 0.766. The third kappa shape index (κ3) is 3.37. The molecule has 0 aliphatic heterocycles. The van der Waals surface area contributed by atoms with E-state index in [0.717, 1.165) is 25.3 Å². The lowest BCUT2D eigenvalue weighted by molar-refractivity contribution is -0.117. The van der Waals surface area contributed by atoms with Crippen molar-refractivity contribution in [1.29, 1.82) is 0 Å². The number of aryl methyl sites for hydroxylation is 1. The van der Waals surface area contributed by atoms with Gasteiger partial charge < -0.3 is 9.69 Å². The molecule has 0 N–H and O–H groups in total. The second kappa shape index (κ2) is 5.77. The Labute approximate surface area is 116 Å². The van der Waals surface area contributed by atoms with Crippen molar-refractivity contribution in [3.8, 4) is 0 Å². The monoisotopic (exact) mass is 259 g/mol. The van der Waals surface area contributed by atoms with E-state index in [2.05, 4.69) is 50.1 Å². The molecule has 1 saturated carbocycles. The van der Waals surface area contributed by atoms with Gasteiger partial charge >= 0.3 is 0 Å². The summed E-state index contributed by atoms with van der Waals surface area (Å²) in [5.74, 6) is 0.775. The predicted molar refractivity (Wildman–Crippen MR) is 80.6 cm³/mol. The van der Waals surface area contributed by atoms with E-state index in [1.165, 1.54) is 30.4 Å². The van der Waals surface area contributed by atoms with Gasteiger partial charge in [0.05, 0.1) is 0 Å². The first-order chi connectivity index (χ1) is 9.04. The van der Waals surface area contributed by atoms with E-state index in [9.17, 15) is 4.79 Å². The van der Waals surface area contributed by atoms with E-state index in [1.54, 1.807) is 0 Å². The molecule has 1 aliphatic carbocycles. The van der Waals surface area contributed by atoms with E-state index in [4.69, 9.17) is 0 Å². The molecular weight excluding hydrogens is 234 g/mol. The first-order valence-corrected chi connectivity index (χ1v) is 7.29. The lowest BCUT2D eigenvalue weighted by Crippen LogP contribution is -2.39. The number of benzene rings is 1. The molecule has 19 heavy (non-hydrogen) atoms. The van der Waals surface area contributed by atoms with Gasteiger partial charge in [0, 0.05) is 24.7 Å². The molecule has 0 unspecified atom stereocenters. The number of aldehydes is 1. The molecule has 0 radical (unpaired) electrons. The summed E-state index contributed by atoms with van der Waals surface area (Å²) in [5, 5.41) is 0. The fourth-order valence-electron chi connectivity index (χ4n) is 3.08. The molecule has 1 aliphatic rings. The van der Waals surface area contributed by atoms with Crippen LogP contribution in [0.2, 0.25) is 0 Å². The second-order valence-electron chi connectivity index (χ2n) is 6.36. The summed E-state index contributed by atoms with van der Waals surface area (Å²) in [6, 6.07) is 8.49. The third-order valence-corrected chi connectivity index (χ3v) is 4.51. The van der Waals surface area contributed by atoms with Gasteiger partial charge in [0.1, 0.15) is 6.29 Å². The fraction of sp³-hybridized carbons (Fsp3) is 0.588. The summed E-state index contributed by atoms with van der Waals surface area (Å²) in [4.78, 5) is 13.8. The number of anilines is 1. The molecule has 0 amide bonds. The molecule has 2 nitrogen and oxygen atoms in total. The standard InChI is InChI=1S/C17H25NO/c1-14-7-9-17(13-19,10-8-14)12-18(3)16-6-4-5-15(2)11-16/h4-6,11,13-14H,7-10,12H2,1-3H3. The van der Waals surface area contributed by atoms with Crippen LogP contribution in [0.15, 0.2) is 24.3 Å². The summed E-state index contributed by atoms with van der Waals surface area (Å²) in [6.45, 7) is 5.24. The summed E-state index contributed by atoms with van der Waals surface area (Å²) < 4.78 is 0. The van der Waals surface area contributed by atoms with Crippen molar-refractivity contribution in [2.24, 2.45) is 11.3 Å². The van der Waals surface area contributed by atoms with Crippen molar-refractivity contribution in [2.45, 2.75) is 39.5 Å². The molecule has 2 heteroatoms. The minimum Gasteiger partial charge on any atom is -0.374 e. The first-order valence-electron chi connectivity index (χ1n) is 7.29. The Kier molecular flexibility index (Phi) is 4.28. The maximum Gasteiger partial charge on any atom is 0.127 e. The Hall–Kier alpha value is -1.31. The first kappa shape index (κ1) is 14.1. The Balaban J connectivity index is 2.08. The zero-order valence-electron chi connectivity index (χ0n) is 12.4. The van der Waals surface area contributed by atoms with Crippen LogP contribution in [0.25, 0.3) is 0 Å². The van der Waals surface area contributed by atoms with Crippen LogP contribution in [0.4, 0.5) is 5.69 Å². The minimum absolute atomic E-state index is 0.134. The summed E-state index contributed by atoms with van der Waals surface area (Å²) in [7, 11) is 2.10. The smallest absolute Gasteiger partial charge is 0.127 e. The predicted octanol–water partition coefficient (Wildman–Crippen LogP) is 3.83. The highest BCUT2D eigenvalue weighted by Crippen LogP contribution is 2.38. The zero-order valence-corrected chi connectivity index (χ0v) is 12.4. The Morgan fingerprint density at radius 1 is 1.37 bits per heavy atom. The molecule has 1 aromatic carbocycles. The van der Waals surface area contributed by atoms with Gasteiger partial charge in [0.25, 0.3) is 0 Å². The summed E-state index contributed by atoms with van der Waals surface area (Å²) >= 11 is 0. The van der Waals surface area contributed by atoms with Gasteiger partial charge in [0.15, 0.2) is 0 Å². The lowest BCUT2D eigenvalue weighted by Gasteiger charge is -2.38. The number of nitrogens with zero attached hydrogens (tertiary/aromatic N) is 1. The number of carbonyl (C=O) groups is 1. The molecule has 1 aromatic rings. The number of rotatable bonds is 4. The molecule has 2 rings (SSSR count). The average Bonchev–Trinajstić information content (AvgIpc) is 2.42. The van der Waals surface area contributed by atoms with Crippen LogP contribution in [0.3, 0.4) is 0 Å². The van der Waals surface area contributed by atoms with Gasteiger partial charge in [-0.3, -0.25) is 0 Å². The topological polar surface area (TPSA) is 20.3 Å². The molecule has 0 aromatic heterocycles. The third-order valence-electron chi connectivity index (χ3n) is 4.51. The highest BCUT2D eigenvalue weighted by Gasteiger charge is 2.35. The van der Waals surface area contributed by atoms with Gasteiger partial charge in [-0.15, -0.1) is 0 Å².